The SMILES string of the molecule is CC(C)N(C)CCNC(=O)C1(C(N)=S)CCCCC1. The third kappa shape index (κ3) is 4.14. The van der Waals surface area contributed by atoms with Crippen molar-refractivity contribution in [2.75, 3.05) is 20.1 Å². The number of hydrogen-bond acceptors (Lipinski definition) is 3. The number of carbonyl (C=O) groups is 1. The van der Waals surface area contributed by atoms with E-state index in [1.165, 1.54) is 6.42 Å². The van der Waals surface area contributed by atoms with Gasteiger partial charge >= 0.3 is 0 Å². The Hall–Kier alpha value is -0.680. The summed E-state index contributed by atoms with van der Waals surface area (Å²) in [5.74, 6) is 0.0249. The van der Waals surface area contributed by atoms with E-state index in [9.17, 15) is 4.79 Å². The van der Waals surface area contributed by atoms with Gasteiger partial charge in [-0.1, -0.05) is 31.5 Å². The van der Waals surface area contributed by atoms with Gasteiger partial charge in [-0.25, -0.2) is 0 Å². The summed E-state index contributed by atoms with van der Waals surface area (Å²) in [4.78, 5) is 15.0. The van der Waals surface area contributed by atoms with E-state index < -0.39 is 5.41 Å². The molecule has 1 rings (SSSR count). The van der Waals surface area contributed by atoms with Crippen LogP contribution >= 0.6 is 12.2 Å². The van der Waals surface area contributed by atoms with Gasteiger partial charge in [-0.05, 0) is 33.7 Å². The van der Waals surface area contributed by atoms with Crippen LogP contribution in [0, 0.1) is 5.41 Å². The minimum Gasteiger partial charge on any atom is -0.392 e. The number of nitrogens with zero attached hydrogens (tertiary/aromatic N) is 1. The molecule has 1 fully saturated rings. The molecule has 0 spiro atoms. The second-order valence-corrected chi connectivity index (χ2v) is 6.28. The molecule has 0 radical (unpaired) electrons. The largest absolute Gasteiger partial charge is 0.392 e. The lowest BCUT2D eigenvalue weighted by molar-refractivity contribution is -0.128. The quantitative estimate of drug-likeness (QED) is 0.729. The maximum Gasteiger partial charge on any atom is 0.233 e. The number of amides is 1. The van der Waals surface area contributed by atoms with Crippen molar-refractivity contribution in [3.63, 3.8) is 0 Å². The van der Waals surface area contributed by atoms with E-state index in [-0.39, 0.29) is 5.91 Å². The summed E-state index contributed by atoms with van der Waals surface area (Å²) >= 11 is 5.15. The van der Waals surface area contributed by atoms with Crippen LogP contribution in [0.5, 0.6) is 0 Å². The van der Waals surface area contributed by atoms with E-state index in [1.807, 2.05) is 0 Å². The molecule has 0 unspecified atom stereocenters. The lowest BCUT2D eigenvalue weighted by Crippen LogP contribution is -2.51. The van der Waals surface area contributed by atoms with Crippen LogP contribution in [0.2, 0.25) is 0 Å². The first-order valence-corrected chi connectivity index (χ1v) is 7.59. The van der Waals surface area contributed by atoms with Crippen molar-refractivity contribution < 1.29 is 4.79 Å². The van der Waals surface area contributed by atoms with E-state index in [4.69, 9.17) is 18.0 Å². The predicted octanol–water partition coefficient (Wildman–Crippen LogP) is 1.68. The second kappa shape index (κ2) is 7.20. The van der Waals surface area contributed by atoms with Crippen molar-refractivity contribution >= 4 is 23.1 Å². The van der Waals surface area contributed by atoms with Crippen LogP contribution in [0.4, 0.5) is 0 Å². The monoisotopic (exact) mass is 285 g/mol. The number of thiocarbonyl (C=S) groups is 1. The zero-order valence-electron chi connectivity index (χ0n) is 12.4. The summed E-state index contributed by atoms with van der Waals surface area (Å²) in [6.45, 7) is 5.77. The van der Waals surface area contributed by atoms with Gasteiger partial charge in [0.25, 0.3) is 0 Å². The van der Waals surface area contributed by atoms with Gasteiger partial charge in [0.2, 0.25) is 5.91 Å². The second-order valence-electron chi connectivity index (χ2n) is 5.84. The average Bonchev–Trinajstić information content (AvgIpc) is 2.38. The summed E-state index contributed by atoms with van der Waals surface area (Å²) in [5.41, 5.74) is 5.25. The number of likely N-dealkylation sites (N-methyl/N-ethyl adjacent to an activating group) is 1. The molecule has 0 bridgehead atoms. The molecule has 5 heteroatoms. The average molecular weight is 285 g/mol. The molecule has 1 aliphatic carbocycles. The van der Waals surface area contributed by atoms with Gasteiger partial charge in [0.15, 0.2) is 0 Å². The van der Waals surface area contributed by atoms with E-state index in [1.54, 1.807) is 0 Å². The molecule has 0 aromatic rings. The molecule has 0 aliphatic heterocycles. The van der Waals surface area contributed by atoms with E-state index in [0.717, 1.165) is 32.2 Å². The Morgan fingerprint density at radius 1 is 1.37 bits per heavy atom. The Morgan fingerprint density at radius 3 is 2.42 bits per heavy atom. The third-order valence-electron chi connectivity index (χ3n) is 4.25. The highest BCUT2D eigenvalue weighted by Crippen LogP contribution is 2.36. The smallest absolute Gasteiger partial charge is 0.233 e. The topological polar surface area (TPSA) is 58.4 Å². The molecule has 19 heavy (non-hydrogen) atoms. The van der Waals surface area contributed by atoms with Crippen LogP contribution in [0.3, 0.4) is 0 Å². The van der Waals surface area contributed by atoms with E-state index >= 15 is 0 Å². The van der Waals surface area contributed by atoms with Gasteiger partial charge < -0.3 is 16.0 Å². The first kappa shape index (κ1) is 16.4. The standard InChI is InChI=1S/C14H27N3OS/c1-11(2)17(3)10-9-16-13(18)14(12(15)19)7-5-4-6-8-14/h11H,4-10H2,1-3H3,(H2,15,19)(H,16,18). The van der Waals surface area contributed by atoms with Crippen molar-refractivity contribution in [2.24, 2.45) is 11.1 Å². The Balaban J connectivity index is 2.52. The summed E-state index contributed by atoms with van der Waals surface area (Å²) in [6, 6.07) is 0.483. The number of nitrogens with one attached hydrogen (secondary N) is 1. The van der Waals surface area contributed by atoms with Crippen LogP contribution in [0.25, 0.3) is 0 Å². The molecule has 0 heterocycles. The molecule has 1 aliphatic rings. The van der Waals surface area contributed by atoms with E-state index in [0.29, 0.717) is 17.6 Å². The zero-order chi connectivity index (χ0) is 14.5. The van der Waals surface area contributed by atoms with Gasteiger partial charge in [0.1, 0.15) is 0 Å². The van der Waals surface area contributed by atoms with Crippen LogP contribution in [0.15, 0.2) is 0 Å². The Bertz CT molecular complexity index is 325. The Morgan fingerprint density at radius 2 is 1.95 bits per heavy atom. The minimum atomic E-state index is -0.593. The fourth-order valence-electron chi connectivity index (χ4n) is 2.51. The van der Waals surface area contributed by atoms with E-state index in [2.05, 4.69) is 31.1 Å². The molecular weight excluding hydrogens is 258 g/mol. The maximum absolute atomic E-state index is 12.4. The maximum atomic E-state index is 12.4. The molecule has 110 valence electrons. The van der Waals surface area contributed by atoms with Crippen molar-refractivity contribution in [3.8, 4) is 0 Å². The van der Waals surface area contributed by atoms with Gasteiger partial charge in [-0.3, -0.25) is 4.79 Å². The molecule has 1 amide bonds. The van der Waals surface area contributed by atoms with Crippen LogP contribution < -0.4 is 11.1 Å². The number of carbonyl (C=O) groups excluding carboxylic acids is 1. The molecule has 0 aromatic carbocycles. The summed E-state index contributed by atoms with van der Waals surface area (Å²) in [5, 5.41) is 3.01. The van der Waals surface area contributed by atoms with Crippen molar-refractivity contribution in [1.29, 1.82) is 0 Å². The highest BCUT2D eigenvalue weighted by atomic mass is 32.1. The lowest BCUT2D eigenvalue weighted by atomic mass is 9.73. The van der Waals surface area contributed by atoms with Gasteiger partial charge in [-0.2, -0.15) is 0 Å². The van der Waals surface area contributed by atoms with Crippen LogP contribution in [-0.4, -0.2) is 42.0 Å². The van der Waals surface area contributed by atoms with Crippen LogP contribution in [0.1, 0.15) is 46.0 Å². The normalized spacial score (nSPS) is 18.6. The third-order valence-corrected chi connectivity index (χ3v) is 4.64. The van der Waals surface area contributed by atoms with Crippen molar-refractivity contribution in [3.05, 3.63) is 0 Å². The highest BCUT2D eigenvalue weighted by molar-refractivity contribution is 7.80. The molecule has 4 nitrogen and oxygen atoms in total. The fraction of sp³-hybridized carbons (Fsp3) is 0.857. The van der Waals surface area contributed by atoms with Crippen LogP contribution in [-0.2, 0) is 4.79 Å². The summed E-state index contributed by atoms with van der Waals surface area (Å²) < 4.78 is 0. The number of hydrogen-bond donors (Lipinski definition) is 2. The van der Waals surface area contributed by atoms with Crippen molar-refractivity contribution in [1.82, 2.24) is 10.2 Å². The first-order valence-electron chi connectivity index (χ1n) is 7.18. The molecule has 0 aromatic heterocycles. The Labute approximate surface area is 122 Å². The van der Waals surface area contributed by atoms with Gasteiger partial charge in [0.05, 0.1) is 10.4 Å². The lowest BCUT2D eigenvalue weighted by Gasteiger charge is -2.35. The molecule has 1 saturated carbocycles. The van der Waals surface area contributed by atoms with Gasteiger partial charge in [-0.15, -0.1) is 0 Å². The first-order chi connectivity index (χ1) is 8.90. The summed E-state index contributed by atoms with van der Waals surface area (Å²) in [7, 11) is 2.06. The van der Waals surface area contributed by atoms with Gasteiger partial charge in [0, 0.05) is 19.1 Å². The zero-order valence-corrected chi connectivity index (χ0v) is 13.2. The molecule has 0 saturated heterocycles. The van der Waals surface area contributed by atoms with Crippen molar-refractivity contribution in [2.45, 2.75) is 52.0 Å². The predicted molar refractivity (Wildman–Crippen MR) is 83.1 cm³/mol. The number of rotatable bonds is 6. The summed E-state index contributed by atoms with van der Waals surface area (Å²) in [6.07, 6.45) is 4.85. The Kier molecular flexibility index (Phi) is 6.20. The molecule has 3 N–H and O–H groups in total. The fourth-order valence-corrected chi connectivity index (χ4v) is 2.81. The highest BCUT2D eigenvalue weighted by Gasteiger charge is 2.42. The molecule has 0 atom stereocenters. The number of nitrogens with two attached hydrogens (primary N) is 1. The molecular formula is C14H27N3OS. The minimum absolute atomic E-state index is 0.0249.